The van der Waals surface area contributed by atoms with Crippen molar-refractivity contribution in [3.8, 4) is 11.5 Å². The lowest BCUT2D eigenvalue weighted by Crippen LogP contribution is -2.36. The molecule has 3 aliphatic rings. The summed E-state index contributed by atoms with van der Waals surface area (Å²) in [6.45, 7) is 5.25. The Balaban J connectivity index is 1.06. The second kappa shape index (κ2) is 9.27. The number of para-hydroxylation sites is 1. The topological polar surface area (TPSA) is 104 Å². The van der Waals surface area contributed by atoms with Gasteiger partial charge in [0.15, 0.2) is 11.5 Å². The van der Waals surface area contributed by atoms with E-state index in [9.17, 15) is 9.90 Å². The Hall–Kier alpha value is -3.57. The van der Waals surface area contributed by atoms with Gasteiger partial charge in [0.05, 0.1) is 23.9 Å². The van der Waals surface area contributed by atoms with Crippen molar-refractivity contribution in [3.05, 3.63) is 52.9 Å². The van der Waals surface area contributed by atoms with Crippen LogP contribution in [0.5, 0.6) is 11.5 Å². The molecule has 3 aliphatic heterocycles. The average molecular weight is 550 g/mol. The number of rotatable bonds is 7. The first-order chi connectivity index (χ1) is 18.9. The van der Waals surface area contributed by atoms with Crippen LogP contribution in [0, 0.1) is 5.92 Å². The normalized spacial score (nSPS) is 22.9. The monoisotopic (exact) mass is 549 g/mol. The third-order valence-electron chi connectivity index (χ3n) is 8.08. The van der Waals surface area contributed by atoms with E-state index in [4.69, 9.17) is 19.2 Å². The number of hydrogen-bond donors (Lipinski definition) is 1. The summed E-state index contributed by atoms with van der Waals surface area (Å²) in [5.74, 6) is 1.18. The minimum atomic E-state index is -0.952. The van der Waals surface area contributed by atoms with E-state index in [0.717, 1.165) is 91.0 Å². The molecule has 2 fully saturated rings. The van der Waals surface area contributed by atoms with Crippen molar-refractivity contribution in [2.75, 3.05) is 24.6 Å². The van der Waals surface area contributed by atoms with Crippen molar-refractivity contribution in [1.29, 1.82) is 0 Å². The van der Waals surface area contributed by atoms with E-state index in [1.165, 1.54) is 11.3 Å². The SMILES string of the molecule is Cn1ccc([C@]2(C)Oc3cccc(N4CCC(Cc5nc6sc(C(=O)O)cc6n5C[C@@H]5CCO5)CC4)c3O2)n1. The Morgan fingerprint density at radius 2 is 2.03 bits per heavy atom. The van der Waals surface area contributed by atoms with Crippen molar-refractivity contribution in [2.24, 2.45) is 13.0 Å². The maximum Gasteiger partial charge on any atom is 0.346 e. The second-order valence-electron chi connectivity index (χ2n) is 10.8. The highest BCUT2D eigenvalue weighted by molar-refractivity contribution is 7.20. The molecule has 204 valence electrons. The highest BCUT2D eigenvalue weighted by atomic mass is 32.1. The summed E-state index contributed by atoms with van der Waals surface area (Å²) in [4.78, 5) is 19.9. The highest BCUT2D eigenvalue weighted by Crippen LogP contribution is 2.49. The number of thiophene rings is 1. The van der Waals surface area contributed by atoms with E-state index in [0.29, 0.717) is 10.8 Å². The number of carbonyl (C=O) groups is 1. The maximum absolute atomic E-state index is 11.5. The van der Waals surface area contributed by atoms with Gasteiger partial charge in [-0.3, -0.25) is 4.68 Å². The van der Waals surface area contributed by atoms with Gasteiger partial charge >= 0.3 is 5.97 Å². The molecule has 10 nitrogen and oxygen atoms in total. The molecule has 1 aromatic carbocycles. The standard InChI is InChI=1S/C28H31N5O5S/c1-28(23-8-10-31(2)30-23)37-21-5-3-4-19(25(21)38-28)32-11-6-17(7-12-32)14-24-29-26-20(15-22(39-26)27(34)35)33(24)16-18-9-13-36-18/h3-5,8,10,15,17-18H,6-7,9,11-14,16H2,1-2H3,(H,34,35)/t18-,28+/m0/s1. The Labute approximate surface area is 229 Å². The Kier molecular flexibility index (Phi) is 5.82. The molecule has 39 heavy (non-hydrogen) atoms. The number of hydrogen-bond acceptors (Lipinski definition) is 8. The van der Waals surface area contributed by atoms with Crippen molar-refractivity contribution >= 4 is 33.3 Å². The van der Waals surface area contributed by atoms with Crippen molar-refractivity contribution < 1.29 is 24.1 Å². The van der Waals surface area contributed by atoms with E-state index in [1.54, 1.807) is 10.7 Å². The number of aromatic carboxylic acids is 1. The molecule has 2 saturated heterocycles. The summed E-state index contributed by atoms with van der Waals surface area (Å²) in [6, 6.07) is 9.76. The second-order valence-corrected chi connectivity index (χ2v) is 11.8. The number of benzene rings is 1. The maximum atomic E-state index is 11.5. The van der Waals surface area contributed by atoms with E-state index >= 15 is 0 Å². The average Bonchev–Trinajstić information content (AvgIpc) is 3.64. The minimum absolute atomic E-state index is 0.176. The van der Waals surface area contributed by atoms with E-state index in [-0.39, 0.29) is 6.10 Å². The number of ether oxygens (including phenoxy) is 3. The van der Waals surface area contributed by atoms with Gasteiger partial charge in [-0.25, -0.2) is 9.78 Å². The fraction of sp³-hybridized carbons (Fsp3) is 0.464. The predicted molar refractivity (Wildman–Crippen MR) is 146 cm³/mol. The van der Waals surface area contributed by atoms with Gasteiger partial charge in [0.1, 0.15) is 21.2 Å². The van der Waals surface area contributed by atoms with Crippen LogP contribution in [0.15, 0.2) is 36.5 Å². The molecule has 6 heterocycles. The van der Waals surface area contributed by atoms with Crippen LogP contribution in [0.2, 0.25) is 0 Å². The molecule has 11 heteroatoms. The Bertz CT molecular complexity index is 1550. The molecule has 0 bridgehead atoms. The van der Waals surface area contributed by atoms with Crippen LogP contribution in [0.3, 0.4) is 0 Å². The van der Waals surface area contributed by atoms with E-state index in [1.807, 2.05) is 38.4 Å². The number of carboxylic acid groups (broad SMARTS) is 1. The molecule has 1 N–H and O–H groups in total. The van der Waals surface area contributed by atoms with Crippen LogP contribution >= 0.6 is 11.3 Å². The fourth-order valence-corrected chi connectivity index (χ4v) is 6.71. The summed E-state index contributed by atoms with van der Waals surface area (Å²) in [6.07, 6.45) is 6.02. The van der Waals surface area contributed by atoms with Gasteiger partial charge < -0.3 is 28.8 Å². The Morgan fingerprint density at radius 3 is 2.72 bits per heavy atom. The van der Waals surface area contributed by atoms with Gasteiger partial charge in [-0.05, 0) is 49.4 Å². The number of nitrogens with zero attached hydrogens (tertiary/aromatic N) is 5. The number of anilines is 1. The van der Waals surface area contributed by atoms with Crippen LogP contribution in [0.1, 0.15) is 47.4 Å². The summed E-state index contributed by atoms with van der Waals surface area (Å²) in [7, 11) is 1.88. The molecule has 0 radical (unpaired) electrons. The van der Waals surface area contributed by atoms with Crippen molar-refractivity contribution in [1.82, 2.24) is 19.3 Å². The molecule has 0 aliphatic carbocycles. The third kappa shape index (κ3) is 4.33. The summed E-state index contributed by atoms with van der Waals surface area (Å²) in [5, 5.41) is 14.0. The minimum Gasteiger partial charge on any atom is -0.477 e. The molecule has 2 atom stereocenters. The molecular weight excluding hydrogens is 518 g/mol. The summed E-state index contributed by atoms with van der Waals surface area (Å²) >= 11 is 1.25. The zero-order chi connectivity index (χ0) is 26.7. The molecule has 3 aromatic heterocycles. The van der Waals surface area contributed by atoms with E-state index < -0.39 is 11.8 Å². The van der Waals surface area contributed by atoms with Gasteiger partial charge in [0, 0.05) is 46.3 Å². The van der Waals surface area contributed by atoms with Gasteiger partial charge in [-0.15, -0.1) is 11.3 Å². The lowest BCUT2D eigenvalue weighted by Gasteiger charge is -2.34. The fourth-order valence-electron chi connectivity index (χ4n) is 5.82. The van der Waals surface area contributed by atoms with Crippen LogP contribution in [0.25, 0.3) is 10.3 Å². The number of imidazole rings is 1. The molecule has 0 amide bonds. The lowest BCUT2D eigenvalue weighted by molar-refractivity contribution is -0.0719. The lowest BCUT2D eigenvalue weighted by atomic mass is 9.92. The van der Waals surface area contributed by atoms with Crippen LogP contribution in [-0.2, 0) is 30.5 Å². The van der Waals surface area contributed by atoms with E-state index in [2.05, 4.69) is 20.6 Å². The number of aromatic nitrogens is 4. The molecule has 0 saturated carbocycles. The predicted octanol–water partition coefficient (Wildman–Crippen LogP) is 4.42. The van der Waals surface area contributed by atoms with Crippen molar-refractivity contribution in [3.63, 3.8) is 0 Å². The molecule has 0 unspecified atom stereocenters. The number of piperidine rings is 1. The van der Waals surface area contributed by atoms with Gasteiger partial charge in [-0.1, -0.05) is 6.07 Å². The highest BCUT2D eigenvalue weighted by Gasteiger charge is 2.43. The summed E-state index contributed by atoms with van der Waals surface area (Å²) < 4.78 is 22.3. The molecule has 7 rings (SSSR count). The first-order valence-corrected chi connectivity index (χ1v) is 14.3. The smallest absolute Gasteiger partial charge is 0.346 e. The van der Waals surface area contributed by atoms with Crippen LogP contribution in [-0.4, -0.2) is 56.2 Å². The molecular formula is C28H31N5O5S. The number of carboxylic acids is 1. The first-order valence-electron chi connectivity index (χ1n) is 13.5. The molecule has 4 aromatic rings. The zero-order valence-electron chi connectivity index (χ0n) is 22.0. The largest absolute Gasteiger partial charge is 0.477 e. The first kappa shape index (κ1) is 24.5. The Morgan fingerprint density at radius 1 is 1.21 bits per heavy atom. The van der Waals surface area contributed by atoms with Gasteiger partial charge in [-0.2, -0.15) is 5.10 Å². The van der Waals surface area contributed by atoms with Crippen molar-refractivity contribution in [2.45, 2.75) is 51.0 Å². The van der Waals surface area contributed by atoms with Gasteiger partial charge in [0.2, 0.25) is 0 Å². The van der Waals surface area contributed by atoms with Crippen LogP contribution in [0.4, 0.5) is 5.69 Å². The molecule has 0 spiro atoms. The zero-order valence-corrected chi connectivity index (χ0v) is 22.8. The quantitative estimate of drug-likeness (QED) is 0.361. The van der Waals surface area contributed by atoms with Gasteiger partial charge in [0.25, 0.3) is 5.79 Å². The van der Waals surface area contributed by atoms with Crippen LogP contribution < -0.4 is 14.4 Å². The third-order valence-corrected chi connectivity index (χ3v) is 9.09. The number of aryl methyl sites for hydroxylation is 1. The summed E-state index contributed by atoms with van der Waals surface area (Å²) in [5.41, 5.74) is 2.70. The number of fused-ring (bicyclic) bond motifs is 2.